The van der Waals surface area contributed by atoms with Crippen LogP contribution in [0.15, 0.2) is 103 Å². The molecule has 3 aromatic rings. The molecule has 9 atom stereocenters. The number of thioether (sulfide) groups is 1. The molecule has 0 aliphatic carbocycles. The molecule has 5 rings (SSSR count). The number of benzene rings is 3. The predicted octanol–water partition coefficient (Wildman–Crippen LogP) is 7.56. The summed E-state index contributed by atoms with van der Waals surface area (Å²) in [7, 11) is -1.41. The lowest BCUT2D eigenvalue weighted by Gasteiger charge is -2.49. The van der Waals surface area contributed by atoms with Gasteiger partial charge in [-0.25, -0.2) is 13.3 Å². The summed E-state index contributed by atoms with van der Waals surface area (Å²) in [5.74, 6) is 0.0930. The second kappa shape index (κ2) is 17.3. The molecule has 2 heterocycles. The quantitative estimate of drug-likeness (QED) is 0.211. The van der Waals surface area contributed by atoms with Crippen molar-refractivity contribution in [1.82, 2.24) is 4.72 Å². The lowest BCUT2D eigenvalue weighted by Crippen LogP contribution is -2.65. The van der Waals surface area contributed by atoms with Gasteiger partial charge in [-0.2, -0.15) is 0 Å². The molecule has 2 bridgehead atoms. The SMILES string of the molecule is C[C@@H]1/C=C\C[C@@H](F)CS[C@H]2O[C@H]([C@@H]1N[S@](=O)C(C)(C)C)[C@H](OCc1ccccc1)[C@H](OCc1ccccc1)[C@H]2OCc1ccccc1. The Labute approximate surface area is 286 Å². The van der Waals surface area contributed by atoms with E-state index in [2.05, 4.69) is 11.6 Å². The molecule has 1 saturated heterocycles. The van der Waals surface area contributed by atoms with E-state index in [9.17, 15) is 4.21 Å². The second-order valence-electron chi connectivity index (χ2n) is 13.2. The van der Waals surface area contributed by atoms with Crippen LogP contribution in [0.5, 0.6) is 0 Å². The number of allylic oxidation sites excluding steroid dienone is 1. The smallest absolute Gasteiger partial charge is 0.132 e. The van der Waals surface area contributed by atoms with E-state index in [1.54, 1.807) is 0 Å². The molecule has 2 aliphatic rings. The lowest BCUT2D eigenvalue weighted by molar-refractivity contribution is -0.252. The van der Waals surface area contributed by atoms with E-state index in [-0.39, 0.29) is 11.7 Å². The summed E-state index contributed by atoms with van der Waals surface area (Å²) < 4.78 is 59.1. The molecule has 0 spiro atoms. The van der Waals surface area contributed by atoms with Crippen LogP contribution in [0.3, 0.4) is 0 Å². The molecule has 0 unspecified atom stereocenters. The van der Waals surface area contributed by atoms with Gasteiger partial charge in [-0.05, 0) is 49.8 Å². The van der Waals surface area contributed by atoms with Crippen LogP contribution in [0.25, 0.3) is 0 Å². The third-order valence-electron chi connectivity index (χ3n) is 8.38. The van der Waals surface area contributed by atoms with Crippen LogP contribution in [0.2, 0.25) is 0 Å². The number of halogens is 1. The molecule has 1 N–H and O–H groups in total. The molecule has 0 saturated carbocycles. The fraction of sp³-hybridized carbons (Fsp3) is 0.474. The van der Waals surface area contributed by atoms with Gasteiger partial charge >= 0.3 is 0 Å². The second-order valence-corrected chi connectivity index (χ2v) is 16.4. The van der Waals surface area contributed by atoms with Gasteiger partial charge in [-0.3, -0.25) is 0 Å². The van der Waals surface area contributed by atoms with Gasteiger partial charge in [-0.1, -0.05) is 110 Å². The average Bonchev–Trinajstić information content (AvgIpc) is 3.09. The zero-order valence-corrected chi connectivity index (χ0v) is 29.3. The Hall–Kier alpha value is -2.37. The molecule has 254 valence electrons. The maximum absolute atomic E-state index is 15.2. The first-order valence-corrected chi connectivity index (χ1v) is 18.6. The molecule has 0 aromatic heterocycles. The van der Waals surface area contributed by atoms with E-state index in [1.165, 1.54) is 11.8 Å². The first-order chi connectivity index (χ1) is 22.7. The minimum absolute atomic E-state index is 0.151. The van der Waals surface area contributed by atoms with Gasteiger partial charge in [-0.15, -0.1) is 11.8 Å². The molecular weight excluding hydrogens is 634 g/mol. The van der Waals surface area contributed by atoms with Crippen molar-refractivity contribution in [3.05, 3.63) is 120 Å². The van der Waals surface area contributed by atoms with Crippen LogP contribution < -0.4 is 4.72 Å². The Morgan fingerprint density at radius 2 is 1.30 bits per heavy atom. The fourth-order valence-corrected chi connectivity index (χ4v) is 7.83. The Morgan fingerprint density at radius 3 is 1.81 bits per heavy atom. The van der Waals surface area contributed by atoms with Crippen molar-refractivity contribution in [3.63, 3.8) is 0 Å². The number of hydrogen-bond donors (Lipinski definition) is 1. The molecular formula is C38H48FNO5S2. The standard InChI is InChI=1S/C38H48FNO5S2/c1-27-15-14-22-31(39)26-46-37-36(44-25-30-20-12-7-13-21-30)35(43-24-29-18-10-6-11-19-29)34(42-23-28-16-8-5-9-17-28)33(45-37)32(27)40-47(41)38(2,3)4/h5-21,27,31-37,40H,22-26H2,1-4H3/b15-14-/t27-,31-,32-,33-,34+,35+,36-,37-,47-/m1/s1. The summed E-state index contributed by atoms with van der Waals surface area (Å²) in [6, 6.07) is 29.6. The summed E-state index contributed by atoms with van der Waals surface area (Å²) in [6.07, 6.45) is 0.786. The highest BCUT2D eigenvalue weighted by atomic mass is 32.2. The van der Waals surface area contributed by atoms with Crippen molar-refractivity contribution in [3.8, 4) is 0 Å². The highest BCUT2D eigenvalue weighted by molar-refractivity contribution is 7.99. The van der Waals surface area contributed by atoms with Crippen molar-refractivity contribution < 1.29 is 27.5 Å². The normalized spacial score (nSPS) is 29.8. The summed E-state index contributed by atoms with van der Waals surface area (Å²) in [4.78, 5) is 0. The Balaban J connectivity index is 1.57. The average molecular weight is 682 g/mol. The van der Waals surface area contributed by atoms with Crippen molar-refractivity contribution in [2.45, 2.75) is 101 Å². The largest absolute Gasteiger partial charge is 0.368 e. The van der Waals surface area contributed by atoms with Gasteiger partial charge in [0.05, 0.1) is 41.6 Å². The number of ether oxygens (including phenoxy) is 4. The molecule has 0 amide bonds. The van der Waals surface area contributed by atoms with Crippen LogP contribution in [-0.2, 0) is 49.8 Å². The van der Waals surface area contributed by atoms with Gasteiger partial charge in [0.15, 0.2) is 0 Å². The predicted molar refractivity (Wildman–Crippen MR) is 189 cm³/mol. The zero-order chi connectivity index (χ0) is 33.2. The van der Waals surface area contributed by atoms with Gasteiger partial charge in [0.2, 0.25) is 0 Å². The van der Waals surface area contributed by atoms with E-state index < -0.39 is 57.8 Å². The molecule has 6 nitrogen and oxygen atoms in total. The molecule has 9 heteroatoms. The molecule has 3 aromatic carbocycles. The number of fused-ring (bicyclic) bond motifs is 2. The Bertz CT molecular complexity index is 1410. The Morgan fingerprint density at radius 1 is 0.809 bits per heavy atom. The third kappa shape index (κ3) is 10.3. The zero-order valence-electron chi connectivity index (χ0n) is 27.7. The number of nitrogens with one attached hydrogen (secondary N) is 1. The summed E-state index contributed by atoms with van der Waals surface area (Å²) in [6.45, 7) is 8.87. The van der Waals surface area contributed by atoms with E-state index in [0.717, 1.165) is 16.7 Å². The van der Waals surface area contributed by atoms with Crippen LogP contribution in [-0.4, -0.2) is 56.8 Å². The van der Waals surface area contributed by atoms with Gasteiger partial charge < -0.3 is 18.9 Å². The summed E-state index contributed by atoms with van der Waals surface area (Å²) in [5.41, 5.74) is 2.49. The highest BCUT2D eigenvalue weighted by Gasteiger charge is 2.52. The van der Waals surface area contributed by atoms with E-state index in [0.29, 0.717) is 26.2 Å². The highest BCUT2D eigenvalue weighted by Crippen LogP contribution is 2.39. The summed E-state index contributed by atoms with van der Waals surface area (Å²) in [5, 5.41) is 0. The van der Waals surface area contributed by atoms with E-state index in [4.69, 9.17) is 18.9 Å². The van der Waals surface area contributed by atoms with Gasteiger partial charge in [0, 0.05) is 5.75 Å². The van der Waals surface area contributed by atoms with Crippen molar-refractivity contribution >= 4 is 22.7 Å². The maximum Gasteiger partial charge on any atom is 0.132 e. The third-order valence-corrected chi connectivity index (χ3v) is 11.2. The van der Waals surface area contributed by atoms with E-state index >= 15 is 4.39 Å². The first kappa shape index (κ1) is 35.9. The van der Waals surface area contributed by atoms with E-state index in [1.807, 2.05) is 124 Å². The lowest BCUT2D eigenvalue weighted by atomic mass is 9.87. The van der Waals surface area contributed by atoms with Crippen LogP contribution in [0, 0.1) is 5.92 Å². The molecule has 47 heavy (non-hydrogen) atoms. The number of alkyl halides is 1. The minimum atomic E-state index is -1.41. The van der Waals surface area contributed by atoms with Gasteiger partial charge in [0.1, 0.15) is 36.0 Å². The molecule has 0 radical (unpaired) electrons. The molecule has 2 aliphatic heterocycles. The monoisotopic (exact) mass is 681 g/mol. The summed E-state index contributed by atoms with van der Waals surface area (Å²) >= 11 is 1.41. The number of rotatable bonds is 11. The van der Waals surface area contributed by atoms with Crippen molar-refractivity contribution in [2.75, 3.05) is 5.75 Å². The van der Waals surface area contributed by atoms with Crippen molar-refractivity contribution in [2.24, 2.45) is 5.92 Å². The van der Waals surface area contributed by atoms with Crippen molar-refractivity contribution in [1.29, 1.82) is 0 Å². The first-order valence-electron chi connectivity index (χ1n) is 16.4. The molecule has 1 fully saturated rings. The van der Waals surface area contributed by atoms with Gasteiger partial charge in [0.25, 0.3) is 0 Å². The van der Waals surface area contributed by atoms with Crippen LogP contribution >= 0.6 is 11.8 Å². The fourth-order valence-electron chi connectivity index (χ4n) is 5.72. The van der Waals surface area contributed by atoms with Crippen LogP contribution in [0.4, 0.5) is 4.39 Å². The van der Waals surface area contributed by atoms with Crippen LogP contribution in [0.1, 0.15) is 50.8 Å². The maximum atomic E-state index is 15.2. The Kier molecular flexibility index (Phi) is 13.3. The topological polar surface area (TPSA) is 66.0 Å². The minimum Gasteiger partial charge on any atom is -0.368 e. The number of hydrogen-bond acceptors (Lipinski definition) is 6.